The Kier molecular flexibility index (Phi) is 30.9. The Morgan fingerprint density at radius 3 is 1.33 bits per heavy atom. The average Bonchev–Trinajstić information content (AvgIpc) is 3.16. The Morgan fingerprint density at radius 1 is 0.517 bits per heavy atom. The van der Waals surface area contributed by atoms with Crippen LogP contribution >= 0.6 is 36.1 Å². The third-order valence-electron chi connectivity index (χ3n) is 9.97. The number of rotatable bonds is 37. The number of hydrogen-bond donors (Lipinski definition) is 9. The van der Waals surface area contributed by atoms with Crippen LogP contribution < -0.4 is 0 Å². The van der Waals surface area contributed by atoms with Gasteiger partial charge in [-0.3, -0.25) is 27.7 Å². The van der Waals surface area contributed by atoms with Gasteiger partial charge in [-0.25, -0.2) is 13.7 Å². The zero-order valence-corrected chi connectivity index (χ0v) is 38.6. The van der Waals surface area contributed by atoms with E-state index in [1.807, 2.05) is 0 Å². The predicted octanol–water partition coefficient (Wildman–Crippen LogP) is 6.31. The summed E-state index contributed by atoms with van der Waals surface area (Å²) in [7, 11) is -16.6. The molecular weight excluding hydrogens is 873 g/mol. The molecule has 1 rings (SSSR count). The van der Waals surface area contributed by atoms with Crippen LogP contribution in [0.2, 0.25) is 0 Å². The first-order chi connectivity index (χ1) is 28.3. The molecule has 1 aliphatic rings. The van der Waals surface area contributed by atoms with E-state index in [1.54, 1.807) is 0 Å². The first kappa shape index (κ1) is 57.5. The van der Waals surface area contributed by atoms with Crippen molar-refractivity contribution in [3.8, 4) is 0 Å². The predicted molar refractivity (Wildman–Crippen MR) is 224 cm³/mol. The minimum atomic E-state index is -5.59. The standard InChI is InChI=1S/C37H73O19P3S/c1-2-3-4-5-6-7-8-9-10-12-16-19-22-25-31(39)53-29(27-51-30(38)24-21-18-15-13-11-14-17-20-23-26-60)28-52-59(49,50)56-35-32(40)33(41)36(54-57(43,44)45)37(34(35)42)55-58(46,47)48/h29,32-37,40-42,60H,2-28H2,1H3,(H,49,50)(H2,43,44,45)(H2,46,47,48)/t29-,32?,33+,34-,35?,36?,37-/m0/s1. The lowest BCUT2D eigenvalue weighted by molar-refractivity contribution is -0.213. The number of aliphatic hydroxyl groups excluding tert-OH is 3. The smallest absolute Gasteiger partial charge is 0.462 e. The molecule has 23 heteroatoms. The van der Waals surface area contributed by atoms with E-state index in [4.69, 9.17) is 18.5 Å². The van der Waals surface area contributed by atoms with Crippen LogP contribution in [0, 0.1) is 0 Å². The van der Waals surface area contributed by atoms with Gasteiger partial charge in [0.2, 0.25) is 0 Å². The number of phosphoric acid groups is 3. The second kappa shape index (κ2) is 32.2. The van der Waals surface area contributed by atoms with E-state index in [0.29, 0.717) is 12.8 Å². The van der Waals surface area contributed by atoms with Crippen LogP contribution in [0.5, 0.6) is 0 Å². The highest BCUT2D eigenvalue weighted by Gasteiger charge is 2.56. The molecule has 19 nitrogen and oxygen atoms in total. The second-order valence-electron chi connectivity index (χ2n) is 15.4. The van der Waals surface area contributed by atoms with E-state index < -0.39 is 91.3 Å². The van der Waals surface area contributed by atoms with E-state index in [2.05, 4.69) is 28.6 Å². The van der Waals surface area contributed by atoms with Gasteiger partial charge in [-0.15, -0.1) is 0 Å². The molecule has 0 aromatic carbocycles. The molecule has 0 radical (unpaired) electrons. The molecule has 0 spiro atoms. The van der Waals surface area contributed by atoms with Gasteiger partial charge in [0.1, 0.15) is 43.2 Å². The molecule has 0 aromatic rings. The van der Waals surface area contributed by atoms with Crippen molar-refractivity contribution in [1.82, 2.24) is 0 Å². The Bertz CT molecular complexity index is 1300. The van der Waals surface area contributed by atoms with E-state index in [9.17, 15) is 63.1 Å². The maximum atomic E-state index is 13.0. The van der Waals surface area contributed by atoms with Crippen molar-refractivity contribution in [2.75, 3.05) is 19.0 Å². The molecule has 0 aromatic heterocycles. The van der Waals surface area contributed by atoms with E-state index in [-0.39, 0.29) is 12.8 Å². The summed E-state index contributed by atoms with van der Waals surface area (Å²) in [6.07, 6.45) is 7.07. The van der Waals surface area contributed by atoms with Crippen LogP contribution in [0.4, 0.5) is 0 Å². The van der Waals surface area contributed by atoms with Crippen molar-refractivity contribution < 1.29 is 90.6 Å². The number of thiol groups is 1. The normalized spacial score (nSPS) is 22.6. The molecule has 60 heavy (non-hydrogen) atoms. The second-order valence-corrected chi connectivity index (χ2v) is 19.6. The zero-order chi connectivity index (χ0) is 45.0. The van der Waals surface area contributed by atoms with Gasteiger partial charge in [0, 0.05) is 12.8 Å². The van der Waals surface area contributed by atoms with Crippen molar-refractivity contribution in [1.29, 1.82) is 0 Å². The van der Waals surface area contributed by atoms with Crippen LogP contribution in [0.15, 0.2) is 0 Å². The summed E-state index contributed by atoms with van der Waals surface area (Å²) in [6.45, 7) is 0.723. The van der Waals surface area contributed by atoms with Crippen LogP contribution in [0.3, 0.4) is 0 Å². The lowest BCUT2D eigenvalue weighted by Crippen LogP contribution is -2.65. The molecule has 4 unspecified atom stereocenters. The van der Waals surface area contributed by atoms with Crippen LogP contribution in [0.25, 0.3) is 0 Å². The maximum absolute atomic E-state index is 13.0. The Morgan fingerprint density at radius 2 is 0.900 bits per heavy atom. The number of carbonyl (C=O) groups excluding carboxylic acids is 2. The summed E-state index contributed by atoms with van der Waals surface area (Å²) < 4.78 is 65.2. The number of aliphatic hydroxyl groups is 3. The Hall–Kier alpha value is -0.500. The molecule has 0 bridgehead atoms. The van der Waals surface area contributed by atoms with Crippen LogP contribution in [-0.4, -0.2) is 113 Å². The highest BCUT2D eigenvalue weighted by Crippen LogP contribution is 2.51. The van der Waals surface area contributed by atoms with Gasteiger partial charge in [0.15, 0.2) is 6.10 Å². The molecule has 8 atom stereocenters. The number of carbonyl (C=O) groups is 2. The summed E-state index contributed by atoms with van der Waals surface area (Å²) in [5, 5.41) is 31.8. The number of ether oxygens (including phenoxy) is 2. The molecular formula is C37H73O19P3S. The van der Waals surface area contributed by atoms with Gasteiger partial charge >= 0.3 is 35.4 Å². The SMILES string of the molecule is CCCCCCCCCCCCCCCC(=O)O[C@@H](COC(=O)CCCCCCCCCCCS)COP(=O)(O)OC1C(O)[C@@H](O)C(OP(=O)(O)O)[C@@H](OP(=O)(O)O)[C@H]1O. The van der Waals surface area contributed by atoms with Gasteiger partial charge in [-0.2, -0.15) is 12.6 Å². The van der Waals surface area contributed by atoms with Crippen LogP contribution in [-0.2, 0) is 50.9 Å². The summed E-state index contributed by atoms with van der Waals surface area (Å²) in [5.74, 6) is -0.415. The summed E-state index contributed by atoms with van der Waals surface area (Å²) in [6, 6.07) is 0. The molecule has 1 aliphatic carbocycles. The maximum Gasteiger partial charge on any atom is 0.472 e. The molecule has 356 valence electrons. The quantitative estimate of drug-likeness (QED) is 0.0143. The fourth-order valence-corrected chi connectivity index (χ4v) is 9.06. The monoisotopic (exact) mass is 946 g/mol. The Balaban J connectivity index is 2.79. The lowest BCUT2D eigenvalue weighted by Gasteiger charge is -2.44. The van der Waals surface area contributed by atoms with Gasteiger partial charge < -0.3 is 49.3 Å². The largest absolute Gasteiger partial charge is 0.472 e. The van der Waals surface area contributed by atoms with E-state index in [1.165, 1.54) is 57.8 Å². The van der Waals surface area contributed by atoms with Gasteiger partial charge in [-0.1, -0.05) is 129 Å². The summed E-state index contributed by atoms with van der Waals surface area (Å²) in [4.78, 5) is 72.8. The molecule has 0 amide bonds. The number of phosphoric ester groups is 3. The van der Waals surface area contributed by atoms with Crippen molar-refractivity contribution >= 4 is 48.0 Å². The van der Waals surface area contributed by atoms with Crippen molar-refractivity contribution in [3.05, 3.63) is 0 Å². The number of unbranched alkanes of at least 4 members (excludes halogenated alkanes) is 20. The minimum Gasteiger partial charge on any atom is -0.462 e. The first-order valence-corrected chi connectivity index (χ1v) is 26.6. The highest BCUT2D eigenvalue weighted by atomic mass is 32.1. The summed E-state index contributed by atoms with van der Waals surface area (Å²) in [5.41, 5.74) is 0. The number of esters is 2. The zero-order valence-electron chi connectivity index (χ0n) is 35.0. The Labute approximate surface area is 360 Å². The molecule has 0 saturated heterocycles. The van der Waals surface area contributed by atoms with Gasteiger partial charge in [0.05, 0.1) is 6.61 Å². The van der Waals surface area contributed by atoms with E-state index >= 15 is 0 Å². The fourth-order valence-electron chi connectivity index (χ4n) is 6.74. The third-order valence-corrected chi connectivity index (χ3v) is 12.3. The van der Waals surface area contributed by atoms with Crippen molar-refractivity contribution in [3.63, 3.8) is 0 Å². The topological polar surface area (TPSA) is 303 Å². The van der Waals surface area contributed by atoms with Crippen molar-refractivity contribution in [2.45, 2.75) is 204 Å². The van der Waals surface area contributed by atoms with Crippen LogP contribution in [0.1, 0.15) is 161 Å². The van der Waals surface area contributed by atoms with Gasteiger partial charge in [-0.05, 0) is 25.0 Å². The molecule has 1 fully saturated rings. The summed E-state index contributed by atoms with van der Waals surface area (Å²) >= 11 is 4.22. The average molecular weight is 947 g/mol. The number of hydrogen-bond acceptors (Lipinski definition) is 15. The van der Waals surface area contributed by atoms with E-state index in [0.717, 1.165) is 76.4 Å². The lowest BCUT2D eigenvalue weighted by atomic mass is 9.85. The highest BCUT2D eigenvalue weighted by molar-refractivity contribution is 7.80. The fraction of sp³-hybridized carbons (Fsp3) is 0.946. The molecule has 1 saturated carbocycles. The van der Waals surface area contributed by atoms with Crippen molar-refractivity contribution in [2.24, 2.45) is 0 Å². The molecule has 0 heterocycles. The molecule has 8 N–H and O–H groups in total. The minimum absolute atomic E-state index is 0.00182. The third kappa shape index (κ3) is 28.3. The first-order valence-electron chi connectivity index (χ1n) is 21.4. The van der Waals surface area contributed by atoms with Gasteiger partial charge in [0.25, 0.3) is 0 Å². The molecule has 0 aliphatic heterocycles.